The van der Waals surface area contributed by atoms with Crippen LogP contribution in [0.3, 0.4) is 0 Å². The minimum Gasteiger partial charge on any atom is -0.376 e. The molecule has 0 saturated carbocycles. The molecule has 2 saturated heterocycles. The molecule has 2 aliphatic rings. The smallest absolute Gasteiger partial charge is 0.332 e. The van der Waals surface area contributed by atoms with E-state index >= 15 is 0 Å². The van der Waals surface area contributed by atoms with Crippen molar-refractivity contribution in [1.29, 1.82) is 0 Å². The largest absolute Gasteiger partial charge is 0.376 e. The van der Waals surface area contributed by atoms with Gasteiger partial charge in [0.15, 0.2) is 0 Å². The second-order valence-electron chi connectivity index (χ2n) is 9.25. The minimum absolute atomic E-state index is 0.0852. The summed E-state index contributed by atoms with van der Waals surface area (Å²) >= 11 is 0. The first-order chi connectivity index (χ1) is 14.9. The SMILES string of the molecule is CC(C)OCC(NC(=O)N(CC1CCN(C)CC1)N1CCC(F)CC1)c1ccccc1. The molecule has 6 nitrogen and oxygen atoms in total. The van der Waals surface area contributed by atoms with Gasteiger partial charge in [0.1, 0.15) is 6.17 Å². The Morgan fingerprint density at radius 3 is 2.39 bits per heavy atom. The molecule has 0 aliphatic carbocycles. The fraction of sp³-hybridized carbons (Fsp3) is 0.708. The first-order valence-electron chi connectivity index (χ1n) is 11.7. The molecular weight excluding hydrogens is 395 g/mol. The normalized spacial score (nSPS) is 20.7. The van der Waals surface area contributed by atoms with Crippen LogP contribution in [0.15, 0.2) is 30.3 Å². The van der Waals surface area contributed by atoms with Crippen LogP contribution in [0.2, 0.25) is 0 Å². The summed E-state index contributed by atoms with van der Waals surface area (Å²) < 4.78 is 19.6. The van der Waals surface area contributed by atoms with Gasteiger partial charge in [-0.2, -0.15) is 0 Å². The Hall–Kier alpha value is -1.70. The predicted octanol–water partition coefficient (Wildman–Crippen LogP) is 3.86. The van der Waals surface area contributed by atoms with E-state index in [4.69, 9.17) is 4.74 Å². The summed E-state index contributed by atoms with van der Waals surface area (Å²) in [7, 11) is 2.14. The molecule has 2 amide bonds. The number of hydrogen-bond acceptors (Lipinski definition) is 4. The van der Waals surface area contributed by atoms with Crippen LogP contribution in [0.5, 0.6) is 0 Å². The molecule has 174 valence electrons. The first kappa shape index (κ1) is 24.0. The van der Waals surface area contributed by atoms with Crippen molar-refractivity contribution >= 4 is 6.03 Å². The van der Waals surface area contributed by atoms with Crippen molar-refractivity contribution in [1.82, 2.24) is 20.2 Å². The van der Waals surface area contributed by atoms with Crippen molar-refractivity contribution < 1.29 is 13.9 Å². The molecule has 0 aromatic heterocycles. The molecular formula is C24H39FN4O2. The fourth-order valence-corrected chi connectivity index (χ4v) is 4.31. The van der Waals surface area contributed by atoms with Crippen molar-refractivity contribution in [2.45, 2.75) is 57.8 Å². The molecule has 31 heavy (non-hydrogen) atoms. The number of hydrogen-bond donors (Lipinski definition) is 1. The van der Waals surface area contributed by atoms with Crippen molar-refractivity contribution in [2.24, 2.45) is 5.92 Å². The third-order valence-electron chi connectivity index (χ3n) is 6.34. The standard InChI is InChI=1S/C24H39FN4O2/c1-19(2)31-18-23(21-7-5-4-6-8-21)26-24(30)29(28-15-11-22(25)12-16-28)17-20-9-13-27(3)14-10-20/h4-8,19-20,22-23H,9-18H2,1-3H3,(H,26,30). The molecule has 1 atom stereocenters. The van der Waals surface area contributed by atoms with Crippen LogP contribution in [-0.2, 0) is 4.74 Å². The molecule has 2 aliphatic heterocycles. The Morgan fingerprint density at radius 2 is 1.77 bits per heavy atom. The van der Waals surface area contributed by atoms with Gasteiger partial charge in [0, 0.05) is 19.6 Å². The number of urea groups is 1. The summed E-state index contributed by atoms with van der Waals surface area (Å²) in [5.74, 6) is 0.465. The van der Waals surface area contributed by atoms with Gasteiger partial charge < -0.3 is 15.0 Å². The number of carbonyl (C=O) groups excluding carboxylic acids is 1. The second-order valence-corrected chi connectivity index (χ2v) is 9.25. The molecule has 1 aromatic rings. The highest BCUT2D eigenvalue weighted by Gasteiger charge is 2.31. The number of alkyl halides is 1. The van der Waals surface area contributed by atoms with Gasteiger partial charge in [-0.15, -0.1) is 0 Å². The number of piperidine rings is 2. The predicted molar refractivity (Wildman–Crippen MR) is 121 cm³/mol. The van der Waals surface area contributed by atoms with Crippen LogP contribution >= 0.6 is 0 Å². The highest BCUT2D eigenvalue weighted by Crippen LogP contribution is 2.22. The number of nitrogens with zero attached hydrogens (tertiary/aromatic N) is 3. The lowest BCUT2D eigenvalue weighted by atomic mass is 9.97. The van der Waals surface area contributed by atoms with Gasteiger partial charge in [0.25, 0.3) is 0 Å². The first-order valence-corrected chi connectivity index (χ1v) is 11.7. The van der Waals surface area contributed by atoms with E-state index in [9.17, 15) is 9.18 Å². The van der Waals surface area contributed by atoms with E-state index in [0.29, 0.717) is 45.0 Å². The molecule has 1 unspecified atom stereocenters. The van der Waals surface area contributed by atoms with Crippen LogP contribution in [0.1, 0.15) is 51.1 Å². The quantitative estimate of drug-likeness (QED) is 0.675. The average Bonchev–Trinajstić information content (AvgIpc) is 2.77. The zero-order valence-electron chi connectivity index (χ0n) is 19.3. The summed E-state index contributed by atoms with van der Waals surface area (Å²) in [6.07, 6.45) is 2.45. The number of carbonyl (C=O) groups is 1. The molecule has 0 spiro atoms. The van der Waals surface area contributed by atoms with Gasteiger partial charge in [-0.25, -0.2) is 14.2 Å². The van der Waals surface area contributed by atoms with E-state index in [1.807, 2.05) is 49.2 Å². The van der Waals surface area contributed by atoms with Crippen LogP contribution in [0.25, 0.3) is 0 Å². The van der Waals surface area contributed by atoms with E-state index in [2.05, 4.69) is 22.3 Å². The zero-order valence-corrected chi connectivity index (χ0v) is 19.3. The number of hydrazine groups is 1. The number of rotatable bonds is 8. The van der Waals surface area contributed by atoms with E-state index < -0.39 is 6.17 Å². The van der Waals surface area contributed by atoms with Gasteiger partial charge in [-0.3, -0.25) is 5.01 Å². The lowest BCUT2D eigenvalue weighted by Gasteiger charge is -2.41. The van der Waals surface area contributed by atoms with E-state index in [0.717, 1.165) is 31.5 Å². The summed E-state index contributed by atoms with van der Waals surface area (Å²) in [6, 6.07) is 9.62. The van der Waals surface area contributed by atoms with Crippen LogP contribution in [-0.4, -0.2) is 79.6 Å². The minimum atomic E-state index is -0.763. The Labute approximate surface area is 186 Å². The third-order valence-corrected chi connectivity index (χ3v) is 6.34. The topological polar surface area (TPSA) is 48.1 Å². The number of nitrogens with one attached hydrogen (secondary N) is 1. The monoisotopic (exact) mass is 434 g/mol. The molecule has 2 heterocycles. The maximum absolute atomic E-state index is 13.8. The Kier molecular flexibility index (Phi) is 9.11. The number of likely N-dealkylation sites (tertiary alicyclic amines) is 1. The van der Waals surface area contributed by atoms with Gasteiger partial charge in [0.05, 0.1) is 18.8 Å². The molecule has 3 rings (SSSR count). The number of benzene rings is 1. The summed E-state index contributed by atoms with van der Waals surface area (Å²) in [4.78, 5) is 15.8. The molecule has 7 heteroatoms. The molecule has 0 radical (unpaired) electrons. The second kappa shape index (κ2) is 11.8. The van der Waals surface area contributed by atoms with Gasteiger partial charge in [0.2, 0.25) is 0 Å². The molecule has 2 fully saturated rings. The van der Waals surface area contributed by atoms with Crippen molar-refractivity contribution in [2.75, 3.05) is 46.4 Å². The number of amides is 2. The van der Waals surface area contributed by atoms with Crippen LogP contribution in [0.4, 0.5) is 9.18 Å². The maximum Gasteiger partial charge on any atom is 0.332 e. The molecule has 1 aromatic carbocycles. The van der Waals surface area contributed by atoms with Crippen LogP contribution in [0, 0.1) is 5.92 Å². The van der Waals surface area contributed by atoms with Gasteiger partial charge in [-0.1, -0.05) is 30.3 Å². The molecule has 1 N–H and O–H groups in total. The highest BCUT2D eigenvalue weighted by molar-refractivity contribution is 5.74. The van der Waals surface area contributed by atoms with Crippen LogP contribution < -0.4 is 5.32 Å². The Bertz CT molecular complexity index is 659. The van der Waals surface area contributed by atoms with E-state index in [1.165, 1.54) is 0 Å². The Balaban J connectivity index is 1.71. The number of halogens is 1. The maximum atomic E-state index is 13.8. The summed E-state index contributed by atoms with van der Waals surface area (Å²) in [6.45, 7) is 8.38. The summed E-state index contributed by atoms with van der Waals surface area (Å²) in [5.41, 5.74) is 1.03. The van der Waals surface area contributed by atoms with Crippen molar-refractivity contribution in [3.05, 3.63) is 35.9 Å². The zero-order chi connectivity index (χ0) is 22.2. The average molecular weight is 435 g/mol. The Morgan fingerprint density at radius 1 is 1.13 bits per heavy atom. The number of ether oxygens (including phenoxy) is 1. The van der Waals surface area contributed by atoms with E-state index in [-0.39, 0.29) is 18.2 Å². The third kappa shape index (κ3) is 7.44. The summed E-state index contributed by atoms with van der Waals surface area (Å²) in [5, 5.41) is 7.12. The fourth-order valence-electron chi connectivity index (χ4n) is 4.31. The van der Waals surface area contributed by atoms with Crippen molar-refractivity contribution in [3.8, 4) is 0 Å². The van der Waals surface area contributed by atoms with Gasteiger partial charge in [-0.05, 0) is 71.1 Å². The lowest BCUT2D eigenvalue weighted by Crippen LogP contribution is -2.56. The van der Waals surface area contributed by atoms with E-state index in [1.54, 1.807) is 0 Å². The highest BCUT2D eigenvalue weighted by atomic mass is 19.1. The lowest BCUT2D eigenvalue weighted by molar-refractivity contribution is -0.0339. The van der Waals surface area contributed by atoms with Crippen molar-refractivity contribution in [3.63, 3.8) is 0 Å². The van der Waals surface area contributed by atoms with Gasteiger partial charge >= 0.3 is 6.03 Å². The molecule has 0 bridgehead atoms.